The second-order valence-corrected chi connectivity index (χ2v) is 6.63. The number of fused-ring (bicyclic) bond motifs is 1. The van der Waals surface area contributed by atoms with Crippen LogP contribution in [0.15, 0.2) is 42.5 Å². The van der Waals surface area contributed by atoms with Gasteiger partial charge in [-0.05, 0) is 43.2 Å². The number of hydrogen-bond donors (Lipinski definition) is 1. The third kappa shape index (κ3) is 4.38. The molecule has 0 atom stereocenters. The Bertz CT molecular complexity index is 1070. The first-order chi connectivity index (χ1) is 14.6. The first-order valence-corrected chi connectivity index (χ1v) is 9.92. The Kier molecular flexibility index (Phi) is 6.91. The lowest BCUT2D eigenvalue weighted by Crippen LogP contribution is -2.14. The molecule has 0 saturated heterocycles. The molecule has 2 aromatic carbocycles. The van der Waals surface area contributed by atoms with Crippen LogP contribution in [0.1, 0.15) is 25.8 Å². The highest BCUT2D eigenvalue weighted by Gasteiger charge is 2.19. The summed E-state index contributed by atoms with van der Waals surface area (Å²) in [6, 6.07) is 15.3. The number of hydrogen-bond acceptors (Lipinski definition) is 4. The number of nitrogens with one attached hydrogen (secondary N) is 1. The van der Waals surface area contributed by atoms with Gasteiger partial charge in [-0.2, -0.15) is 5.26 Å². The molecule has 156 valence electrons. The second-order valence-electron chi connectivity index (χ2n) is 6.63. The molecule has 1 N–H and O–H groups in total. The predicted molar refractivity (Wildman–Crippen MR) is 114 cm³/mol. The first kappa shape index (κ1) is 21.2. The number of carbonyl (C=O) groups excluding carboxylic acids is 1. The normalized spacial score (nSPS) is 10.6. The second kappa shape index (κ2) is 9.79. The van der Waals surface area contributed by atoms with Crippen molar-refractivity contribution in [3.63, 3.8) is 0 Å². The standard InChI is InChI=1S/C23H24FN3O3/c1-3-12-27-21-14-18(29-4-2)9-10-19(21)20(15-25)22(27)16-5-7-17(8-6-16)26-23(28)30-13-11-24/h5-10,14H,3-4,11-13H2,1-2H3,(H,26,28). The number of nitriles is 1. The molecule has 0 unspecified atom stereocenters. The van der Waals surface area contributed by atoms with Gasteiger partial charge >= 0.3 is 6.09 Å². The minimum atomic E-state index is -0.726. The van der Waals surface area contributed by atoms with Crippen molar-refractivity contribution < 1.29 is 18.7 Å². The van der Waals surface area contributed by atoms with Gasteiger partial charge in [-0.25, -0.2) is 9.18 Å². The molecule has 0 aliphatic heterocycles. The molecule has 7 heteroatoms. The molecule has 0 fully saturated rings. The van der Waals surface area contributed by atoms with Crippen LogP contribution in [0, 0.1) is 11.3 Å². The maximum Gasteiger partial charge on any atom is 0.411 e. The van der Waals surface area contributed by atoms with Gasteiger partial charge in [0.15, 0.2) is 0 Å². The summed E-state index contributed by atoms with van der Waals surface area (Å²) in [6.07, 6.45) is 0.197. The van der Waals surface area contributed by atoms with Gasteiger partial charge in [0, 0.05) is 23.7 Å². The van der Waals surface area contributed by atoms with Gasteiger partial charge in [-0.1, -0.05) is 19.1 Å². The highest BCUT2D eigenvalue weighted by molar-refractivity contribution is 5.95. The zero-order valence-electron chi connectivity index (χ0n) is 17.1. The molecule has 0 aliphatic carbocycles. The summed E-state index contributed by atoms with van der Waals surface area (Å²) in [5, 5.41) is 13.3. The Labute approximate surface area is 174 Å². The van der Waals surface area contributed by atoms with E-state index in [1.807, 2.05) is 37.3 Å². The number of ether oxygens (including phenoxy) is 2. The summed E-state index contributed by atoms with van der Waals surface area (Å²) in [7, 11) is 0. The fourth-order valence-corrected chi connectivity index (χ4v) is 3.45. The van der Waals surface area contributed by atoms with Gasteiger partial charge in [0.25, 0.3) is 0 Å². The van der Waals surface area contributed by atoms with E-state index in [-0.39, 0.29) is 6.61 Å². The van der Waals surface area contributed by atoms with Crippen LogP contribution in [0.2, 0.25) is 0 Å². The average Bonchev–Trinajstić information content (AvgIpc) is 3.06. The lowest BCUT2D eigenvalue weighted by Gasteiger charge is -2.12. The Morgan fingerprint density at radius 3 is 2.60 bits per heavy atom. The van der Waals surface area contributed by atoms with Crippen molar-refractivity contribution in [2.45, 2.75) is 26.8 Å². The third-order valence-corrected chi connectivity index (χ3v) is 4.62. The highest BCUT2D eigenvalue weighted by Crippen LogP contribution is 2.36. The molecular formula is C23H24FN3O3. The number of anilines is 1. The molecule has 3 rings (SSSR count). The lowest BCUT2D eigenvalue weighted by molar-refractivity contribution is 0.152. The summed E-state index contributed by atoms with van der Waals surface area (Å²) < 4.78 is 24.6. The zero-order chi connectivity index (χ0) is 21.5. The summed E-state index contributed by atoms with van der Waals surface area (Å²) in [5.41, 5.74) is 3.76. The van der Waals surface area contributed by atoms with E-state index in [1.54, 1.807) is 12.1 Å². The molecule has 0 bridgehead atoms. The van der Waals surface area contributed by atoms with E-state index >= 15 is 0 Å². The van der Waals surface area contributed by atoms with Crippen LogP contribution in [-0.4, -0.2) is 30.5 Å². The van der Waals surface area contributed by atoms with Crippen molar-refractivity contribution >= 4 is 22.7 Å². The van der Waals surface area contributed by atoms with Crippen LogP contribution in [-0.2, 0) is 11.3 Å². The van der Waals surface area contributed by atoms with Crippen LogP contribution < -0.4 is 10.1 Å². The SMILES string of the molecule is CCCn1c(-c2ccc(NC(=O)OCCF)cc2)c(C#N)c2ccc(OCC)cc21. The Morgan fingerprint density at radius 2 is 1.97 bits per heavy atom. The minimum absolute atomic E-state index is 0.281. The van der Waals surface area contributed by atoms with Crippen molar-refractivity contribution in [1.29, 1.82) is 5.26 Å². The Hall–Kier alpha value is -3.53. The van der Waals surface area contributed by atoms with Crippen molar-refractivity contribution in [1.82, 2.24) is 4.57 Å². The van der Waals surface area contributed by atoms with E-state index in [4.69, 9.17) is 4.74 Å². The average molecular weight is 409 g/mol. The predicted octanol–water partition coefficient (Wildman–Crippen LogP) is 5.51. The molecule has 1 aromatic heterocycles. The van der Waals surface area contributed by atoms with Gasteiger partial charge in [-0.3, -0.25) is 5.32 Å². The molecule has 3 aromatic rings. The van der Waals surface area contributed by atoms with E-state index in [0.717, 1.165) is 40.9 Å². The molecule has 30 heavy (non-hydrogen) atoms. The van der Waals surface area contributed by atoms with E-state index in [2.05, 4.69) is 27.6 Å². The number of aromatic nitrogens is 1. The third-order valence-electron chi connectivity index (χ3n) is 4.62. The smallest absolute Gasteiger partial charge is 0.411 e. The van der Waals surface area contributed by atoms with Gasteiger partial charge in [-0.15, -0.1) is 0 Å². The van der Waals surface area contributed by atoms with Gasteiger partial charge in [0.1, 0.15) is 25.1 Å². The van der Waals surface area contributed by atoms with Crippen LogP contribution in [0.3, 0.4) is 0 Å². The van der Waals surface area contributed by atoms with E-state index in [9.17, 15) is 14.4 Å². The number of carbonyl (C=O) groups is 1. The highest BCUT2D eigenvalue weighted by atomic mass is 19.1. The summed E-state index contributed by atoms with van der Waals surface area (Å²) in [6.45, 7) is 4.33. The topological polar surface area (TPSA) is 76.3 Å². The number of rotatable bonds is 8. The number of aryl methyl sites for hydroxylation is 1. The van der Waals surface area contributed by atoms with Gasteiger partial charge < -0.3 is 14.0 Å². The molecule has 6 nitrogen and oxygen atoms in total. The Morgan fingerprint density at radius 1 is 1.20 bits per heavy atom. The van der Waals surface area contributed by atoms with Crippen molar-refractivity contribution in [3.8, 4) is 23.1 Å². The summed E-state index contributed by atoms with van der Waals surface area (Å²) in [5.74, 6) is 0.766. The molecule has 0 spiro atoms. The maximum absolute atomic E-state index is 12.1. The van der Waals surface area contributed by atoms with Crippen molar-refractivity contribution in [2.24, 2.45) is 0 Å². The fourth-order valence-electron chi connectivity index (χ4n) is 3.45. The van der Waals surface area contributed by atoms with E-state index in [1.165, 1.54) is 0 Å². The molecule has 1 heterocycles. The van der Waals surface area contributed by atoms with Crippen LogP contribution >= 0.6 is 0 Å². The minimum Gasteiger partial charge on any atom is -0.494 e. The first-order valence-electron chi connectivity index (χ1n) is 9.92. The number of amides is 1. The summed E-state index contributed by atoms with van der Waals surface area (Å²) >= 11 is 0. The number of alkyl halides is 1. The monoisotopic (exact) mass is 409 g/mol. The van der Waals surface area contributed by atoms with Crippen molar-refractivity contribution in [2.75, 3.05) is 25.2 Å². The molecule has 0 radical (unpaired) electrons. The number of halogens is 1. The number of nitrogens with zero attached hydrogens (tertiary/aromatic N) is 2. The fraction of sp³-hybridized carbons (Fsp3) is 0.304. The summed E-state index contributed by atoms with van der Waals surface area (Å²) in [4.78, 5) is 11.6. The largest absolute Gasteiger partial charge is 0.494 e. The van der Waals surface area contributed by atoms with Gasteiger partial charge in [0.05, 0.1) is 23.4 Å². The van der Waals surface area contributed by atoms with E-state index < -0.39 is 12.8 Å². The van der Waals surface area contributed by atoms with Crippen LogP contribution in [0.25, 0.3) is 22.2 Å². The molecule has 0 saturated carbocycles. The van der Waals surface area contributed by atoms with Crippen molar-refractivity contribution in [3.05, 3.63) is 48.0 Å². The zero-order valence-corrected chi connectivity index (χ0v) is 17.1. The van der Waals surface area contributed by atoms with Crippen LogP contribution in [0.5, 0.6) is 5.75 Å². The van der Waals surface area contributed by atoms with Crippen LogP contribution in [0.4, 0.5) is 14.9 Å². The molecule has 0 aliphatic rings. The Balaban J connectivity index is 2.03. The van der Waals surface area contributed by atoms with E-state index in [0.29, 0.717) is 17.9 Å². The maximum atomic E-state index is 12.1. The lowest BCUT2D eigenvalue weighted by atomic mass is 10.1. The quantitative estimate of drug-likeness (QED) is 0.532. The molecular weight excluding hydrogens is 385 g/mol. The molecule has 1 amide bonds. The van der Waals surface area contributed by atoms with Gasteiger partial charge in [0.2, 0.25) is 0 Å². The number of benzene rings is 2.